The molecule has 0 bridgehead atoms. The highest BCUT2D eigenvalue weighted by Crippen LogP contribution is 2.22. The second-order valence-corrected chi connectivity index (χ2v) is 5.61. The molecule has 6 heteroatoms. The molecule has 0 saturated carbocycles. The summed E-state index contributed by atoms with van der Waals surface area (Å²) in [4.78, 5) is 26.2. The molecule has 1 atom stereocenters. The van der Waals surface area contributed by atoms with Crippen LogP contribution in [-0.2, 0) is 4.79 Å². The van der Waals surface area contributed by atoms with Crippen molar-refractivity contribution in [2.45, 2.75) is 45.2 Å². The first-order valence-corrected chi connectivity index (χ1v) is 6.18. The fourth-order valence-corrected chi connectivity index (χ4v) is 2.16. The lowest BCUT2D eigenvalue weighted by Crippen LogP contribution is -2.55. The van der Waals surface area contributed by atoms with Gasteiger partial charge in [-0.3, -0.25) is 4.79 Å². The van der Waals surface area contributed by atoms with Crippen LogP contribution < -0.4 is 0 Å². The number of rotatable bonds is 3. The van der Waals surface area contributed by atoms with Gasteiger partial charge in [-0.2, -0.15) is 0 Å². The van der Waals surface area contributed by atoms with Crippen molar-refractivity contribution in [2.75, 3.05) is 19.7 Å². The van der Waals surface area contributed by atoms with Crippen molar-refractivity contribution in [1.82, 2.24) is 9.80 Å². The van der Waals surface area contributed by atoms with Gasteiger partial charge in [0, 0.05) is 12.1 Å². The molecule has 2 amide bonds. The molecule has 1 aliphatic rings. The van der Waals surface area contributed by atoms with E-state index in [1.54, 1.807) is 25.7 Å². The molecule has 2 N–H and O–H groups in total. The fraction of sp³-hybridized carbons (Fsp3) is 0.833. The van der Waals surface area contributed by atoms with Gasteiger partial charge < -0.3 is 20.0 Å². The number of hydrogen-bond acceptors (Lipinski definition) is 3. The summed E-state index contributed by atoms with van der Waals surface area (Å²) in [5, 5.41) is 18.1. The van der Waals surface area contributed by atoms with Crippen molar-refractivity contribution in [3.05, 3.63) is 0 Å². The van der Waals surface area contributed by atoms with Gasteiger partial charge in [0.25, 0.3) is 0 Å². The molecule has 1 aliphatic heterocycles. The molecular weight excluding hydrogens is 236 g/mol. The molecule has 1 saturated heterocycles. The maximum absolute atomic E-state index is 12.4. The summed E-state index contributed by atoms with van der Waals surface area (Å²) < 4.78 is 0. The van der Waals surface area contributed by atoms with Crippen LogP contribution >= 0.6 is 0 Å². The molecule has 0 spiro atoms. The van der Waals surface area contributed by atoms with Crippen LogP contribution in [-0.4, -0.2) is 63.3 Å². The summed E-state index contributed by atoms with van der Waals surface area (Å²) in [5.74, 6) is -1.03. The highest BCUT2D eigenvalue weighted by atomic mass is 16.4. The predicted molar refractivity (Wildman–Crippen MR) is 66.3 cm³/mol. The van der Waals surface area contributed by atoms with E-state index in [1.165, 1.54) is 4.90 Å². The van der Waals surface area contributed by atoms with Gasteiger partial charge in [0.15, 0.2) is 0 Å². The van der Waals surface area contributed by atoms with Crippen molar-refractivity contribution in [3.8, 4) is 0 Å². The first kappa shape index (κ1) is 14.8. The Kier molecular flexibility index (Phi) is 4.56. The number of amides is 2. The normalized spacial score (nSPS) is 20.0. The van der Waals surface area contributed by atoms with E-state index in [9.17, 15) is 14.7 Å². The number of nitrogens with zero attached hydrogens (tertiary/aromatic N) is 2. The molecule has 1 fully saturated rings. The Labute approximate surface area is 107 Å². The molecule has 0 radical (unpaired) electrons. The van der Waals surface area contributed by atoms with E-state index in [2.05, 4.69) is 0 Å². The summed E-state index contributed by atoms with van der Waals surface area (Å²) in [7, 11) is 0. The molecule has 0 aromatic carbocycles. The standard InChI is InChI=1S/C12H22N2O4/c1-12(2,3)14(7-10(16)17)11(18)13-6-4-5-9(13)8-15/h9,15H,4-8H2,1-3H3,(H,16,17). The van der Waals surface area contributed by atoms with Gasteiger partial charge >= 0.3 is 12.0 Å². The van der Waals surface area contributed by atoms with Crippen molar-refractivity contribution in [1.29, 1.82) is 0 Å². The largest absolute Gasteiger partial charge is 0.480 e. The second-order valence-electron chi connectivity index (χ2n) is 5.61. The molecule has 0 aliphatic carbocycles. The lowest BCUT2D eigenvalue weighted by Gasteiger charge is -2.38. The molecule has 0 aromatic heterocycles. The molecule has 104 valence electrons. The minimum absolute atomic E-state index is 0.0726. The number of carboxylic acid groups (broad SMARTS) is 1. The topological polar surface area (TPSA) is 81.1 Å². The summed E-state index contributed by atoms with van der Waals surface area (Å²) in [5.41, 5.74) is -0.557. The smallest absolute Gasteiger partial charge is 0.323 e. The van der Waals surface area contributed by atoms with Crippen LogP contribution in [0, 0.1) is 0 Å². The van der Waals surface area contributed by atoms with Gasteiger partial charge in [0.2, 0.25) is 0 Å². The van der Waals surface area contributed by atoms with Gasteiger partial charge in [-0.25, -0.2) is 4.79 Å². The third-order valence-electron chi connectivity index (χ3n) is 3.17. The molecule has 0 aromatic rings. The number of likely N-dealkylation sites (tertiary alicyclic amines) is 1. The number of hydrogen-bond donors (Lipinski definition) is 2. The molecular formula is C12H22N2O4. The van der Waals surface area contributed by atoms with Gasteiger partial charge in [0.1, 0.15) is 6.54 Å². The van der Waals surface area contributed by atoms with Gasteiger partial charge in [-0.15, -0.1) is 0 Å². The van der Waals surface area contributed by atoms with Crippen LogP contribution in [0.2, 0.25) is 0 Å². The van der Waals surface area contributed by atoms with Crippen LogP contribution in [0.3, 0.4) is 0 Å². The first-order chi connectivity index (χ1) is 8.27. The number of carbonyl (C=O) groups is 2. The Hall–Kier alpha value is -1.30. The maximum atomic E-state index is 12.4. The van der Waals surface area contributed by atoms with Crippen LogP contribution in [0.1, 0.15) is 33.6 Å². The zero-order valence-corrected chi connectivity index (χ0v) is 11.2. The highest BCUT2D eigenvalue weighted by Gasteiger charge is 2.36. The van der Waals surface area contributed by atoms with E-state index in [0.29, 0.717) is 6.54 Å². The van der Waals surface area contributed by atoms with E-state index < -0.39 is 11.5 Å². The number of aliphatic hydroxyl groups is 1. The zero-order valence-electron chi connectivity index (χ0n) is 11.2. The molecule has 1 rings (SSSR count). The summed E-state index contributed by atoms with van der Waals surface area (Å²) >= 11 is 0. The average molecular weight is 258 g/mol. The Morgan fingerprint density at radius 3 is 2.44 bits per heavy atom. The summed E-state index contributed by atoms with van der Waals surface area (Å²) in [6.45, 7) is 5.59. The van der Waals surface area contributed by atoms with Gasteiger partial charge in [-0.05, 0) is 33.6 Å². The molecule has 18 heavy (non-hydrogen) atoms. The zero-order chi connectivity index (χ0) is 13.9. The number of carboxylic acids is 1. The Balaban J connectivity index is 2.85. The number of aliphatic carboxylic acids is 1. The van der Waals surface area contributed by atoms with Gasteiger partial charge in [0.05, 0.1) is 12.6 Å². The van der Waals surface area contributed by atoms with E-state index in [4.69, 9.17) is 5.11 Å². The number of carbonyl (C=O) groups excluding carboxylic acids is 1. The van der Waals surface area contributed by atoms with Crippen LogP contribution in [0.15, 0.2) is 0 Å². The fourth-order valence-electron chi connectivity index (χ4n) is 2.16. The quantitative estimate of drug-likeness (QED) is 0.782. The van der Waals surface area contributed by atoms with Crippen molar-refractivity contribution >= 4 is 12.0 Å². The van der Waals surface area contributed by atoms with E-state index >= 15 is 0 Å². The minimum Gasteiger partial charge on any atom is -0.480 e. The lowest BCUT2D eigenvalue weighted by molar-refractivity contribution is -0.138. The minimum atomic E-state index is -1.03. The van der Waals surface area contributed by atoms with Crippen LogP contribution in [0.4, 0.5) is 4.79 Å². The van der Waals surface area contributed by atoms with Crippen molar-refractivity contribution in [2.24, 2.45) is 0 Å². The van der Waals surface area contributed by atoms with Gasteiger partial charge in [-0.1, -0.05) is 0 Å². The third-order valence-corrected chi connectivity index (χ3v) is 3.17. The SMILES string of the molecule is CC(C)(C)N(CC(=O)O)C(=O)N1CCCC1CO. The average Bonchev–Trinajstić information content (AvgIpc) is 2.71. The Bertz CT molecular complexity index is 325. The van der Waals surface area contributed by atoms with E-state index in [1.807, 2.05) is 0 Å². The Morgan fingerprint density at radius 1 is 1.39 bits per heavy atom. The number of aliphatic hydroxyl groups excluding tert-OH is 1. The molecule has 1 heterocycles. The highest BCUT2D eigenvalue weighted by molar-refractivity contribution is 5.81. The second kappa shape index (κ2) is 5.56. The Morgan fingerprint density at radius 2 is 2.00 bits per heavy atom. The monoisotopic (exact) mass is 258 g/mol. The van der Waals surface area contributed by atoms with Crippen molar-refractivity contribution in [3.63, 3.8) is 0 Å². The predicted octanol–water partition coefficient (Wildman–Crippen LogP) is 0.748. The first-order valence-electron chi connectivity index (χ1n) is 6.18. The molecule has 1 unspecified atom stereocenters. The van der Waals surface area contributed by atoms with Crippen LogP contribution in [0.5, 0.6) is 0 Å². The summed E-state index contributed by atoms with van der Waals surface area (Å²) in [6, 6.07) is -0.488. The van der Waals surface area contributed by atoms with E-state index in [0.717, 1.165) is 12.8 Å². The number of urea groups is 1. The lowest BCUT2D eigenvalue weighted by atomic mass is 10.1. The maximum Gasteiger partial charge on any atom is 0.323 e. The van der Waals surface area contributed by atoms with Crippen molar-refractivity contribution < 1.29 is 19.8 Å². The summed E-state index contributed by atoms with van der Waals surface area (Å²) in [6.07, 6.45) is 1.62. The third kappa shape index (κ3) is 3.35. The van der Waals surface area contributed by atoms with Crippen LogP contribution in [0.25, 0.3) is 0 Å². The van der Waals surface area contributed by atoms with E-state index in [-0.39, 0.29) is 25.2 Å². The molecule has 6 nitrogen and oxygen atoms in total.